The van der Waals surface area contributed by atoms with Crippen LogP contribution in [0.5, 0.6) is 0 Å². The molecule has 0 bridgehead atoms. The van der Waals surface area contributed by atoms with Crippen LogP contribution in [0.3, 0.4) is 0 Å². The summed E-state index contributed by atoms with van der Waals surface area (Å²) in [6.45, 7) is 4.69. The topological polar surface area (TPSA) is 0 Å². The molecule has 3 atom stereocenters. The quantitative estimate of drug-likeness (QED) is 0.547. The highest BCUT2D eigenvalue weighted by atomic mass is 79.9. The van der Waals surface area contributed by atoms with Gasteiger partial charge in [0.05, 0.1) is 10.0 Å². The monoisotopic (exact) mass is 362 g/mol. The van der Waals surface area contributed by atoms with E-state index in [1.165, 1.54) is 24.8 Å². The number of hydrogen-bond donors (Lipinski definition) is 0. The number of benzene rings is 1. The van der Waals surface area contributed by atoms with Crippen LogP contribution < -0.4 is 0 Å². The molecular formula is C16H21BrCl2. The maximum absolute atomic E-state index is 6.10. The van der Waals surface area contributed by atoms with Crippen molar-refractivity contribution in [1.82, 2.24) is 0 Å². The molecule has 0 aromatic heterocycles. The van der Waals surface area contributed by atoms with Crippen LogP contribution in [0.4, 0.5) is 0 Å². The van der Waals surface area contributed by atoms with E-state index >= 15 is 0 Å². The summed E-state index contributed by atoms with van der Waals surface area (Å²) in [6.07, 6.45) is 5.05. The zero-order valence-corrected chi connectivity index (χ0v) is 14.6. The number of alkyl halides is 1. The molecule has 0 aliphatic heterocycles. The van der Waals surface area contributed by atoms with Crippen LogP contribution >= 0.6 is 39.1 Å². The first-order valence-electron chi connectivity index (χ1n) is 7.05. The lowest BCUT2D eigenvalue weighted by Crippen LogP contribution is -2.29. The zero-order valence-electron chi connectivity index (χ0n) is 11.5. The van der Waals surface area contributed by atoms with Crippen molar-refractivity contribution in [1.29, 1.82) is 0 Å². The van der Waals surface area contributed by atoms with Gasteiger partial charge in [-0.3, -0.25) is 0 Å². The maximum Gasteiger partial charge on any atom is 0.0595 e. The zero-order chi connectivity index (χ0) is 14.0. The third kappa shape index (κ3) is 4.12. The van der Waals surface area contributed by atoms with Crippen LogP contribution in [-0.2, 0) is 6.42 Å². The largest absolute Gasteiger partial charge is 0.0888 e. The van der Waals surface area contributed by atoms with Crippen molar-refractivity contribution in [3.05, 3.63) is 33.8 Å². The molecule has 106 valence electrons. The Bertz CT molecular complexity index is 431. The summed E-state index contributed by atoms with van der Waals surface area (Å²) in [5, 5.41) is 1.31. The fraction of sp³-hybridized carbons (Fsp3) is 0.625. The van der Waals surface area contributed by atoms with Gasteiger partial charge in [-0.15, -0.1) is 0 Å². The molecule has 1 fully saturated rings. The molecule has 1 saturated carbocycles. The van der Waals surface area contributed by atoms with Crippen molar-refractivity contribution in [2.24, 2.45) is 17.8 Å². The van der Waals surface area contributed by atoms with Gasteiger partial charge in [0.2, 0.25) is 0 Å². The third-order valence-corrected chi connectivity index (χ3v) is 6.30. The van der Waals surface area contributed by atoms with Crippen LogP contribution in [0.1, 0.15) is 38.7 Å². The lowest BCUT2D eigenvalue weighted by Gasteiger charge is -2.35. The summed E-state index contributed by atoms with van der Waals surface area (Å²) in [4.78, 5) is 0.636. The van der Waals surface area contributed by atoms with Crippen LogP contribution in [0.25, 0.3) is 0 Å². The fourth-order valence-corrected chi connectivity index (χ4v) is 4.04. The Morgan fingerprint density at radius 3 is 2.58 bits per heavy atom. The molecule has 1 aromatic carbocycles. The maximum atomic E-state index is 6.10. The highest BCUT2D eigenvalue weighted by Crippen LogP contribution is 2.39. The molecule has 3 heteroatoms. The Hall–Kier alpha value is 0.280. The average molecular weight is 364 g/mol. The molecule has 0 N–H and O–H groups in total. The van der Waals surface area contributed by atoms with Gasteiger partial charge >= 0.3 is 0 Å². The molecular weight excluding hydrogens is 343 g/mol. The molecule has 2 rings (SSSR count). The molecule has 3 unspecified atom stereocenters. The second kappa shape index (κ2) is 6.83. The molecule has 1 aliphatic carbocycles. The highest BCUT2D eigenvalue weighted by Gasteiger charge is 2.30. The molecule has 0 saturated heterocycles. The van der Waals surface area contributed by atoms with Crippen LogP contribution in [-0.4, -0.2) is 4.83 Å². The molecule has 0 heterocycles. The summed E-state index contributed by atoms with van der Waals surface area (Å²) in [5.74, 6) is 2.36. The summed E-state index contributed by atoms with van der Waals surface area (Å²) in [7, 11) is 0. The molecule has 1 aliphatic rings. The minimum absolute atomic E-state index is 0.636. The lowest BCUT2D eigenvalue weighted by molar-refractivity contribution is 0.223. The second-order valence-corrected chi connectivity index (χ2v) is 8.04. The van der Waals surface area contributed by atoms with Gasteiger partial charge in [0.15, 0.2) is 0 Å². The summed E-state index contributed by atoms with van der Waals surface area (Å²) in [6, 6.07) is 6.03. The fourth-order valence-electron chi connectivity index (χ4n) is 3.05. The van der Waals surface area contributed by atoms with E-state index in [0.29, 0.717) is 20.8 Å². The van der Waals surface area contributed by atoms with E-state index < -0.39 is 0 Å². The van der Waals surface area contributed by atoms with E-state index in [1.807, 2.05) is 12.1 Å². The molecule has 0 spiro atoms. The van der Waals surface area contributed by atoms with Crippen molar-refractivity contribution in [2.45, 2.75) is 44.4 Å². The summed E-state index contributed by atoms with van der Waals surface area (Å²) >= 11 is 15.9. The van der Waals surface area contributed by atoms with E-state index in [4.69, 9.17) is 23.2 Å². The normalized spacial score (nSPS) is 27.8. The Morgan fingerprint density at radius 1 is 1.21 bits per heavy atom. The van der Waals surface area contributed by atoms with Crippen molar-refractivity contribution >= 4 is 39.1 Å². The first-order valence-corrected chi connectivity index (χ1v) is 8.72. The van der Waals surface area contributed by atoms with Gasteiger partial charge < -0.3 is 0 Å². The van der Waals surface area contributed by atoms with Gasteiger partial charge in [0.1, 0.15) is 0 Å². The van der Waals surface area contributed by atoms with Gasteiger partial charge in [-0.2, -0.15) is 0 Å². The number of hydrogen-bond acceptors (Lipinski definition) is 0. The lowest BCUT2D eigenvalue weighted by atomic mass is 9.74. The molecule has 0 amide bonds. The number of halogens is 3. The van der Waals surface area contributed by atoms with Crippen molar-refractivity contribution in [2.75, 3.05) is 0 Å². The second-order valence-electron chi connectivity index (χ2n) is 6.05. The Kier molecular flexibility index (Phi) is 5.63. The highest BCUT2D eigenvalue weighted by molar-refractivity contribution is 9.09. The number of rotatable bonds is 3. The van der Waals surface area contributed by atoms with Crippen molar-refractivity contribution in [3.8, 4) is 0 Å². The predicted octanol–water partition coefficient (Wildman–Crippen LogP) is 6.37. The standard InChI is InChI=1S/C16H21BrCl2/c1-10(2)12-4-5-14(17)13(9-12)7-11-3-6-15(18)16(19)8-11/h3,6,8,10,12-14H,4-5,7,9H2,1-2H3. The first kappa shape index (κ1) is 15.7. The van der Waals surface area contributed by atoms with Gasteiger partial charge in [-0.05, 0) is 61.1 Å². The minimum atomic E-state index is 0.636. The van der Waals surface area contributed by atoms with Crippen molar-refractivity contribution < 1.29 is 0 Å². The third-order valence-electron chi connectivity index (χ3n) is 4.35. The predicted molar refractivity (Wildman–Crippen MR) is 88.6 cm³/mol. The molecule has 1 aromatic rings. The van der Waals surface area contributed by atoms with Crippen molar-refractivity contribution in [3.63, 3.8) is 0 Å². The smallest absolute Gasteiger partial charge is 0.0595 e. The molecule has 0 radical (unpaired) electrons. The Morgan fingerprint density at radius 2 is 1.95 bits per heavy atom. The van der Waals surface area contributed by atoms with E-state index in [2.05, 4.69) is 35.8 Å². The van der Waals surface area contributed by atoms with E-state index in [0.717, 1.165) is 18.3 Å². The van der Waals surface area contributed by atoms with E-state index in [9.17, 15) is 0 Å². The van der Waals surface area contributed by atoms with Crippen LogP contribution in [0, 0.1) is 17.8 Å². The minimum Gasteiger partial charge on any atom is -0.0888 e. The molecule has 19 heavy (non-hydrogen) atoms. The first-order chi connectivity index (χ1) is 8.97. The summed E-state index contributed by atoms with van der Waals surface area (Å²) in [5.41, 5.74) is 1.30. The average Bonchev–Trinajstić information content (AvgIpc) is 2.36. The summed E-state index contributed by atoms with van der Waals surface area (Å²) < 4.78 is 0. The van der Waals surface area contributed by atoms with Gasteiger partial charge in [0, 0.05) is 4.83 Å². The Balaban J connectivity index is 2.05. The SMILES string of the molecule is CC(C)C1CCC(Br)C(Cc2ccc(Cl)c(Cl)c2)C1. The van der Waals surface area contributed by atoms with Gasteiger partial charge in [-0.1, -0.05) is 59.0 Å². The van der Waals surface area contributed by atoms with Crippen LogP contribution in [0.2, 0.25) is 10.0 Å². The van der Waals surface area contributed by atoms with Crippen LogP contribution in [0.15, 0.2) is 18.2 Å². The van der Waals surface area contributed by atoms with E-state index in [-0.39, 0.29) is 0 Å². The van der Waals surface area contributed by atoms with Gasteiger partial charge in [0.25, 0.3) is 0 Å². The van der Waals surface area contributed by atoms with Gasteiger partial charge in [-0.25, -0.2) is 0 Å². The molecule has 0 nitrogen and oxygen atoms in total. The Labute approximate surface area is 135 Å². The van der Waals surface area contributed by atoms with E-state index in [1.54, 1.807) is 0 Å².